The van der Waals surface area contributed by atoms with Crippen molar-refractivity contribution >= 4 is 27.4 Å². The number of anilines is 2. The number of piperidine rings is 1. The molecule has 8 nitrogen and oxygen atoms in total. The Morgan fingerprint density at radius 2 is 1.74 bits per heavy atom. The number of aromatic nitrogens is 1. The summed E-state index contributed by atoms with van der Waals surface area (Å²) < 4.78 is 25.2. The van der Waals surface area contributed by atoms with E-state index in [0.717, 1.165) is 87.5 Å². The molecule has 2 aliphatic heterocycles. The Balaban J connectivity index is 1.33. The normalized spacial score (nSPS) is 17.9. The predicted octanol–water partition coefficient (Wildman–Crippen LogP) is 4.26. The second kappa shape index (κ2) is 11.7. The van der Waals surface area contributed by atoms with Gasteiger partial charge < -0.3 is 15.1 Å². The lowest BCUT2D eigenvalue weighted by atomic mass is 9.87. The number of fused-ring (bicyclic) bond motifs is 1. The first-order valence-corrected chi connectivity index (χ1v) is 15.6. The molecule has 0 spiro atoms. The fourth-order valence-corrected chi connectivity index (χ4v) is 6.19. The van der Waals surface area contributed by atoms with Crippen LogP contribution in [0.5, 0.6) is 0 Å². The van der Waals surface area contributed by atoms with Crippen molar-refractivity contribution in [3.63, 3.8) is 0 Å². The highest BCUT2D eigenvalue weighted by atomic mass is 32.2. The van der Waals surface area contributed by atoms with Gasteiger partial charge in [0.2, 0.25) is 10.0 Å². The summed E-state index contributed by atoms with van der Waals surface area (Å²) in [6.45, 7) is 10.8. The number of nitrogens with zero attached hydrogens (tertiary/aromatic N) is 4. The molecule has 0 saturated carbocycles. The molecule has 1 aromatic heterocycles. The van der Waals surface area contributed by atoms with Crippen LogP contribution in [0.1, 0.15) is 67.9 Å². The summed E-state index contributed by atoms with van der Waals surface area (Å²) in [7, 11) is -1.47. The molecule has 2 aliphatic rings. The van der Waals surface area contributed by atoms with Crippen LogP contribution < -0.4 is 5.32 Å². The molecule has 0 atom stereocenters. The van der Waals surface area contributed by atoms with E-state index in [1.165, 1.54) is 16.1 Å². The average molecular weight is 542 g/mol. The van der Waals surface area contributed by atoms with E-state index in [-0.39, 0.29) is 17.4 Å². The number of rotatable bonds is 8. The van der Waals surface area contributed by atoms with Crippen LogP contribution in [0.25, 0.3) is 0 Å². The molecule has 1 saturated heterocycles. The minimum absolute atomic E-state index is 0.0813. The molecule has 1 aromatic carbocycles. The molecule has 208 valence electrons. The molecule has 4 rings (SSSR count). The summed E-state index contributed by atoms with van der Waals surface area (Å²) in [5.74, 6) is 0.850. The highest BCUT2D eigenvalue weighted by molar-refractivity contribution is 7.88. The highest BCUT2D eigenvalue weighted by Crippen LogP contribution is 2.29. The molecule has 3 heterocycles. The minimum atomic E-state index is -3.15. The summed E-state index contributed by atoms with van der Waals surface area (Å²) in [5.41, 5.74) is 4.09. The van der Waals surface area contributed by atoms with Crippen molar-refractivity contribution in [2.24, 2.45) is 0 Å². The molecule has 1 N–H and O–H groups in total. The fraction of sp³-hybridized carbons (Fsp3) is 0.586. The summed E-state index contributed by atoms with van der Waals surface area (Å²) in [6, 6.07) is 10.4. The largest absolute Gasteiger partial charge is 0.340 e. The standard InChI is InChI=1S/C29H43N5O3S/c1-29(2,3)22-9-11-23(12-10-22)31-27-25-8-6-18-34(28(35)26(25)13-16-30-27)19-7-17-33-20-14-24(15-21-33)32(4)38(5,36)37/h9-13,16,24H,6-8,14-15,17-21H2,1-5H3,(H,30,31). The Kier molecular flexibility index (Phi) is 8.79. The van der Waals surface area contributed by atoms with Gasteiger partial charge in [-0.05, 0) is 80.9 Å². The first kappa shape index (κ1) is 28.5. The van der Waals surface area contributed by atoms with Gasteiger partial charge in [-0.2, -0.15) is 0 Å². The van der Waals surface area contributed by atoms with E-state index in [0.29, 0.717) is 0 Å². The van der Waals surface area contributed by atoms with Crippen LogP contribution in [-0.4, -0.2) is 85.5 Å². The molecule has 9 heteroatoms. The first-order valence-electron chi connectivity index (χ1n) is 13.7. The van der Waals surface area contributed by atoms with Crippen molar-refractivity contribution < 1.29 is 13.2 Å². The number of benzene rings is 1. The number of likely N-dealkylation sites (tertiary alicyclic amines) is 1. The topological polar surface area (TPSA) is 85.8 Å². The maximum atomic E-state index is 13.5. The lowest BCUT2D eigenvalue weighted by molar-refractivity contribution is 0.0749. The number of amides is 1. The Bertz CT molecular complexity index is 1220. The van der Waals surface area contributed by atoms with Gasteiger partial charge in [-0.25, -0.2) is 17.7 Å². The molecule has 1 fully saturated rings. The second-order valence-corrected chi connectivity index (χ2v) is 13.8. The third-order valence-corrected chi connectivity index (χ3v) is 9.28. The molecule has 2 aromatic rings. The molecular weight excluding hydrogens is 498 g/mol. The zero-order valence-electron chi connectivity index (χ0n) is 23.5. The van der Waals surface area contributed by atoms with E-state index < -0.39 is 10.0 Å². The van der Waals surface area contributed by atoms with Gasteiger partial charge >= 0.3 is 0 Å². The molecule has 0 unspecified atom stereocenters. The summed E-state index contributed by atoms with van der Waals surface area (Å²) >= 11 is 0. The van der Waals surface area contributed by atoms with Crippen LogP contribution >= 0.6 is 0 Å². The number of hydrogen-bond acceptors (Lipinski definition) is 6. The Labute approximate surface area is 228 Å². The van der Waals surface area contributed by atoms with Gasteiger partial charge in [0.05, 0.1) is 6.26 Å². The van der Waals surface area contributed by atoms with E-state index in [2.05, 4.69) is 60.2 Å². The molecule has 0 radical (unpaired) electrons. The third kappa shape index (κ3) is 6.93. The van der Waals surface area contributed by atoms with Crippen molar-refractivity contribution in [2.45, 2.75) is 64.3 Å². The zero-order chi connectivity index (χ0) is 27.5. The van der Waals surface area contributed by atoms with Crippen molar-refractivity contribution in [1.29, 1.82) is 0 Å². The number of nitrogens with one attached hydrogen (secondary N) is 1. The van der Waals surface area contributed by atoms with Crippen LogP contribution in [0.4, 0.5) is 11.5 Å². The molecule has 0 bridgehead atoms. The smallest absolute Gasteiger partial charge is 0.254 e. The monoisotopic (exact) mass is 541 g/mol. The number of hydrogen-bond donors (Lipinski definition) is 1. The Morgan fingerprint density at radius 1 is 1.05 bits per heavy atom. The second-order valence-electron chi connectivity index (χ2n) is 11.7. The quantitative estimate of drug-likeness (QED) is 0.538. The van der Waals surface area contributed by atoms with Crippen molar-refractivity contribution in [3.8, 4) is 0 Å². The lowest BCUT2D eigenvalue weighted by Gasteiger charge is -2.36. The fourth-order valence-electron chi connectivity index (χ4n) is 5.44. The van der Waals surface area contributed by atoms with Gasteiger partial charge in [-0.3, -0.25) is 4.79 Å². The number of carbonyl (C=O) groups is 1. The van der Waals surface area contributed by atoms with Crippen LogP contribution in [0, 0.1) is 0 Å². The van der Waals surface area contributed by atoms with Gasteiger partial charge in [0.1, 0.15) is 5.82 Å². The average Bonchev–Trinajstić information content (AvgIpc) is 3.03. The Hall–Kier alpha value is -2.49. The van der Waals surface area contributed by atoms with Gasteiger partial charge in [-0.1, -0.05) is 32.9 Å². The SMILES string of the molecule is CN(C1CCN(CCCN2CCCc3c(ccnc3Nc3ccc(C(C)(C)C)cc3)C2=O)CC1)S(C)(=O)=O. The lowest BCUT2D eigenvalue weighted by Crippen LogP contribution is -2.45. The van der Waals surface area contributed by atoms with Crippen molar-refractivity contribution in [3.05, 3.63) is 53.2 Å². The van der Waals surface area contributed by atoms with E-state index in [4.69, 9.17) is 0 Å². The van der Waals surface area contributed by atoms with E-state index in [1.54, 1.807) is 13.2 Å². The maximum Gasteiger partial charge on any atom is 0.254 e. The minimum Gasteiger partial charge on any atom is -0.340 e. The van der Waals surface area contributed by atoms with Crippen LogP contribution in [0.15, 0.2) is 36.5 Å². The Morgan fingerprint density at radius 3 is 2.37 bits per heavy atom. The van der Waals surface area contributed by atoms with Gasteiger partial charge in [-0.15, -0.1) is 0 Å². The molecule has 1 amide bonds. The van der Waals surface area contributed by atoms with Crippen molar-refractivity contribution in [1.82, 2.24) is 19.1 Å². The van der Waals surface area contributed by atoms with Crippen LogP contribution in [-0.2, 0) is 21.9 Å². The molecule has 38 heavy (non-hydrogen) atoms. The van der Waals surface area contributed by atoms with Crippen molar-refractivity contribution in [2.75, 3.05) is 51.3 Å². The highest BCUT2D eigenvalue weighted by Gasteiger charge is 2.28. The van der Waals surface area contributed by atoms with Gasteiger partial charge in [0.15, 0.2) is 0 Å². The van der Waals surface area contributed by atoms with E-state index in [9.17, 15) is 13.2 Å². The van der Waals surface area contributed by atoms with Gasteiger partial charge in [0.25, 0.3) is 5.91 Å². The maximum absolute atomic E-state index is 13.5. The summed E-state index contributed by atoms with van der Waals surface area (Å²) in [6.07, 6.45) is 7.33. The summed E-state index contributed by atoms with van der Waals surface area (Å²) in [5, 5.41) is 3.45. The zero-order valence-corrected chi connectivity index (χ0v) is 24.4. The molecular formula is C29H43N5O3S. The first-order chi connectivity index (χ1) is 17.9. The summed E-state index contributed by atoms with van der Waals surface area (Å²) in [4.78, 5) is 22.4. The van der Waals surface area contributed by atoms with Crippen LogP contribution in [0.2, 0.25) is 0 Å². The number of sulfonamides is 1. The van der Waals surface area contributed by atoms with Crippen LogP contribution in [0.3, 0.4) is 0 Å². The predicted molar refractivity (Wildman–Crippen MR) is 154 cm³/mol. The number of pyridine rings is 1. The molecule has 0 aliphatic carbocycles. The van der Waals surface area contributed by atoms with E-state index >= 15 is 0 Å². The number of carbonyl (C=O) groups excluding carboxylic acids is 1. The van der Waals surface area contributed by atoms with Gasteiger partial charge in [0, 0.05) is 49.2 Å². The van der Waals surface area contributed by atoms with E-state index in [1.807, 2.05) is 11.0 Å². The third-order valence-electron chi connectivity index (χ3n) is 7.94.